The molecule has 3 rings (SSSR count). The molecule has 0 saturated carbocycles. The van der Waals surface area contributed by atoms with Crippen LogP contribution in [0, 0.1) is 6.92 Å². The Bertz CT molecular complexity index is 755. The van der Waals surface area contributed by atoms with E-state index in [0.29, 0.717) is 22.8 Å². The van der Waals surface area contributed by atoms with Crippen LogP contribution in [0.5, 0.6) is 0 Å². The molecule has 1 fully saturated rings. The van der Waals surface area contributed by atoms with E-state index in [4.69, 9.17) is 0 Å². The number of nitrogens with zero attached hydrogens (tertiary/aromatic N) is 3. The molecular weight excluding hydrogens is 338 g/mol. The molecule has 1 aliphatic heterocycles. The Morgan fingerprint density at radius 1 is 1.20 bits per heavy atom. The molecule has 0 unspecified atom stereocenters. The lowest BCUT2D eigenvalue weighted by atomic mass is 10.2. The van der Waals surface area contributed by atoms with Crippen LogP contribution >= 0.6 is 11.3 Å². The van der Waals surface area contributed by atoms with Crippen molar-refractivity contribution in [1.82, 2.24) is 20.4 Å². The molecule has 0 bridgehead atoms. The number of amides is 2. The zero-order valence-corrected chi connectivity index (χ0v) is 14.9. The van der Waals surface area contributed by atoms with Gasteiger partial charge in [0.1, 0.15) is 5.01 Å². The SMILES string of the molecule is Cc1nnc(C(=O)Nc2cccc(C(=O)NCCN3CCCC3)c2)s1. The van der Waals surface area contributed by atoms with Gasteiger partial charge in [0.2, 0.25) is 5.01 Å². The van der Waals surface area contributed by atoms with Gasteiger partial charge in [-0.05, 0) is 51.1 Å². The van der Waals surface area contributed by atoms with Crippen molar-refractivity contribution >= 4 is 28.8 Å². The summed E-state index contributed by atoms with van der Waals surface area (Å²) < 4.78 is 0. The molecule has 0 radical (unpaired) electrons. The Hall–Kier alpha value is -2.32. The highest BCUT2D eigenvalue weighted by atomic mass is 32.1. The lowest BCUT2D eigenvalue weighted by molar-refractivity contribution is 0.0948. The summed E-state index contributed by atoms with van der Waals surface area (Å²) in [5.41, 5.74) is 1.08. The van der Waals surface area contributed by atoms with E-state index in [9.17, 15) is 9.59 Å². The van der Waals surface area contributed by atoms with Gasteiger partial charge >= 0.3 is 0 Å². The molecule has 1 aromatic heterocycles. The quantitative estimate of drug-likeness (QED) is 0.823. The number of carbonyl (C=O) groups is 2. The van der Waals surface area contributed by atoms with Gasteiger partial charge < -0.3 is 15.5 Å². The number of benzene rings is 1. The number of hydrogen-bond acceptors (Lipinski definition) is 6. The molecule has 25 heavy (non-hydrogen) atoms. The fourth-order valence-corrected chi connectivity index (χ4v) is 3.33. The predicted octanol–water partition coefficient (Wildman–Crippen LogP) is 1.92. The molecule has 1 aliphatic rings. The van der Waals surface area contributed by atoms with Crippen molar-refractivity contribution in [1.29, 1.82) is 0 Å². The monoisotopic (exact) mass is 359 g/mol. The Labute approximate surface area is 150 Å². The van der Waals surface area contributed by atoms with Crippen molar-refractivity contribution in [3.63, 3.8) is 0 Å². The zero-order valence-electron chi connectivity index (χ0n) is 14.1. The maximum Gasteiger partial charge on any atom is 0.286 e. The number of anilines is 1. The number of carbonyl (C=O) groups excluding carboxylic acids is 2. The fourth-order valence-electron chi connectivity index (χ4n) is 2.75. The van der Waals surface area contributed by atoms with E-state index in [1.54, 1.807) is 31.2 Å². The molecule has 2 amide bonds. The third kappa shape index (κ3) is 4.83. The normalized spacial score (nSPS) is 14.4. The highest BCUT2D eigenvalue weighted by molar-refractivity contribution is 7.13. The Morgan fingerprint density at radius 2 is 2.00 bits per heavy atom. The van der Waals surface area contributed by atoms with Gasteiger partial charge in [-0.1, -0.05) is 17.4 Å². The van der Waals surface area contributed by atoms with Crippen molar-refractivity contribution in [2.45, 2.75) is 19.8 Å². The van der Waals surface area contributed by atoms with Crippen molar-refractivity contribution in [2.75, 3.05) is 31.5 Å². The van der Waals surface area contributed by atoms with E-state index in [0.717, 1.165) is 24.6 Å². The Kier molecular flexibility index (Phi) is 5.72. The van der Waals surface area contributed by atoms with Crippen LogP contribution in [-0.2, 0) is 0 Å². The molecule has 2 N–H and O–H groups in total. The minimum Gasteiger partial charge on any atom is -0.351 e. The minimum absolute atomic E-state index is 0.137. The van der Waals surface area contributed by atoms with Gasteiger partial charge in [-0.3, -0.25) is 9.59 Å². The minimum atomic E-state index is -0.322. The lowest BCUT2D eigenvalue weighted by Gasteiger charge is -2.14. The average Bonchev–Trinajstić information content (AvgIpc) is 3.26. The number of aromatic nitrogens is 2. The van der Waals surface area contributed by atoms with Crippen LogP contribution in [0.4, 0.5) is 5.69 Å². The van der Waals surface area contributed by atoms with Gasteiger partial charge in [0.05, 0.1) is 0 Å². The topological polar surface area (TPSA) is 87.2 Å². The Balaban J connectivity index is 1.54. The van der Waals surface area contributed by atoms with E-state index in [-0.39, 0.29) is 11.8 Å². The van der Waals surface area contributed by atoms with Gasteiger partial charge in [-0.2, -0.15) is 0 Å². The summed E-state index contributed by atoms with van der Waals surface area (Å²) in [6, 6.07) is 6.88. The summed E-state index contributed by atoms with van der Waals surface area (Å²) in [6.45, 7) is 5.52. The zero-order chi connectivity index (χ0) is 17.6. The smallest absolute Gasteiger partial charge is 0.286 e. The standard InChI is InChI=1S/C17H21N5O2S/c1-12-20-21-17(25-12)16(24)19-14-6-4-5-13(11-14)15(23)18-7-10-22-8-2-3-9-22/h4-6,11H,2-3,7-10H2,1H3,(H,18,23)(H,19,24). The van der Waals surface area contributed by atoms with Crippen LogP contribution in [0.25, 0.3) is 0 Å². The van der Waals surface area contributed by atoms with Crippen LogP contribution in [-0.4, -0.2) is 53.1 Å². The van der Waals surface area contributed by atoms with E-state index in [1.165, 1.54) is 24.2 Å². The summed E-state index contributed by atoms with van der Waals surface area (Å²) in [5, 5.41) is 14.4. The number of likely N-dealkylation sites (tertiary alicyclic amines) is 1. The summed E-state index contributed by atoms with van der Waals surface area (Å²) >= 11 is 1.23. The van der Waals surface area contributed by atoms with Crippen LogP contribution in [0.1, 0.15) is 38.0 Å². The second kappa shape index (κ2) is 8.17. The number of rotatable bonds is 6. The number of aryl methyl sites for hydroxylation is 1. The highest BCUT2D eigenvalue weighted by Gasteiger charge is 2.14. The molecule has 7 nitrogen and oxygen atoms in total. The van der Waals surface area contributed by atoms with E-state index >= 15 is 0 Å². The molecule has 132 valence electrons. The molecule has 2 heterocycles. The van der Waals surface area contributed by atoms with Gasteiger partial charge in [-0.15, -0.1) is 10.2 Å². The molecule has 2 aromatic rings. The van der Waals surface area contributed by atoms with Crippen molar-refractivity contribution < 1.29 is 9.59 Å². The fraction of sp³-hybridized carbons (Fsp3) is 0.412. The first-order valence-electron chi connectivity index (χ1n) is 8.34. The van der Waals surface area contributed by atoms with Gasteiger partial charge in [0, 0.05) is 24.3 Å². The van der Waals surface area contributed by atoms with Crippen LogP contribution in [0.3, 0.4) is 0 Å². The first-order valence-corrected chi connectivity index (χ1v) is 9.15. The van der Waals surface area contributed by atoms with Crippen molar-refractivity contribution in [2.24, 2.45) is 0 Å². The maximum atomic E-state index is 12.3. The number of nitrogens with one attached hydrogen (secondary N) is 2. The predicted molar refractivity (Wildman–Crippen MR) is 97.0 cm³/mol. The highest BCUT2D eigenvalue weighted by Crippen LogP contribution is 2.14. The van der Waals surface area contributed by atoms with Gasteiger partial charge in [0.25, 0.3) is 11.8 Å². The first kappa shape index (κ1) is 17.5. The summed E-state index contributed by atoms with van der Waals surface area (Å²) in [7, 11) is 0. The average molecular weight is 359 g/mol. The van der Waals surface area contributed by atoms with Gasteiger partial charge in [0.15, 0.2) is 0 Å². The third-order valence-electron chi connectivity index (χ3n) is 4.02. The molecule has 1 saturated heterocycles. The van der Waals surface area contributed by atoms with Gasteiger partial charge in [-0.25, -0.2) is 0 Å². The summed E-state index contributed by atoms with van der Waals surface area (Å²) in [4.78, 5) is 26.7. The lowest BCUT2D eigenvalue weighted by Crippen LogP contribution is -2.33. The first-order chi connectivity index (χ1) is 12.1. The van der Waals surface area contributed by atoms with E-state index < -0.39 is 0 Å². The second-order valence-electron chi connectivity index (χ2n) is 5.97. The molecule has 0 aliphatic carbocycles. The van der Waals surface area contributed by atoms with Crippen molar-refractivity contribution in [3.8, 4) is 0 Å². The van der Waals surface area contributed by atoms with E-state index in [1.807, 2.05) is 0 Å². The van der Waals surface area contributed by atoms with Crippen LogP contribution in [0.15, 0.2) is 24.3 Å². The largest absolute Gasteiger partial charge is 0.351 e. The van der Waals surface area contributed by atoms with E-state index in [2.05, 4.69) is 25.7 Å². The molecule has 0 spiro atoms. The molecule has 0 atom stereocenters. The third-order valence-corrected chi connectivity index (χ3v) is 4.85. The molecule has 8 heteroatoms. The molecule has 1 aromatic carbocycles. The summed E-state index contributed by atoms with van der Waals surface area (Å²) in [5.74, 6) is -0.459. The Morgan fingerprint density at radius 3 is 2.72 bits per heavy atom. The maximum absolute atomic E-state index is 12.3. The van der Waals surface area contributed by atoms with Crippen LogP contribution in [0.2, 0.25) is 0 Å². The molecular formula is C17H21N5O2S. The van der Waals surface area contributed by atoms with Crippen LogP contribution < -0.4 is 10.6 Å². The summed E-state index contributed by atoms with van der Waals surface area (Å²) in [6.07, 6.45) is 2.48. The van der Waals surface area contributed by atoms with Crippen molar-refractivity contribution in [3.05, 3.63) is 39.8 Å². The number of hydrogen-bond donors (Lipinski definition) is 2. The second-order valence-corrected chi connectivity index (χ2v) is 7.15.